The molecule has 0 saturated carbocycles. The second kappa shape index (κ2) is 6.05. The van der Waals surface area contributed by atoms with Crippen LogP contribution in [-0.4, -0.2) is 5.91 Å². The van der Waals surface area contributed by atoms with Crippen LogP contribution in [-0.2, 0) is 11.0 Å². The van der Waals surface area contributed by atoms with Gasteiger partial charge in [0.1, 0.15) is 6.04 Å². The van der Waals surface area contributed by atoms with Gasteiger partial charge in [0.05, 0.1) is 16.3 Å². The minimum absolute atomic E-state index is 0.0849. The van der Waals surface area contributed by atoms with Crippen LogP contribution in [0.2, 0.25) is 5.02 Å². The van der Waals surface area contributed by atoms with Gasteiger partial charge in [0.25, 0.3) is 0 Å². The Hall–Kier alpha value is -1.57. The molecule has 0 bridgehead atoms. The zero-order chi connectivity index (χ0) is 15.6. The molecule has 3 nitrogen and oxygen atoms in total. The van der Waals surface area contributed by atoms with E-state index in [-0.39, 0.29) is 10.7 Å². The normalized spacial score (nSPS) is 13.0. The van der Waals surface area contributed by atoms with Crippen LogP contribution in [0.25, 0.3) is 0 Å². The number of halogens is 4. The molecule has 0 aliphatic heterocycles. The molecule has 1 amide bonds. The average molecular weight is 335 g/mol. The van der Waals surface area contributed by atoms with E-state index in [1.54, 1.807) is 17.5 Å². The molecule has 21 heavy (non-hydrogen) atoms. The highest BCUT2D eigenvalue weighted by Crippen LogP contribution is 2.34. The third-order valence-electron chi connectivity index (χ3n) is 2.69. The summed E-state index contributed by atoms with van der Waals surface area (Å²) in [5.74, 6) is -0.542. The largest absolute Gasteiger partial charge is 0.416 e. The van der Waals surface area contributed by atoms with E-state index in [0.29, 0.717) is 4.88 Å². The molecule has 0 aliphatic carbocycles. The maximum atomic E-state index is 12.5. The lowest BCUT2D eigenvalue weighted by Crippen LogP contribution is -2.27. The lowest BCUT2D eigenvalue weighted by Gasteiger charge is -2.13. The van der Waals surface area contributed by atoms with Crippen molar-refractivity contribution in [3.8, 4) is 0 Å². The minimum Gasteiger partial charge on any atom is -0.323 e. The van der Waals surface area contributed by atoms with Crippen LogP contribution in [0.15, 0.2) is 35.7 Å². The first kappa shape index (κ1) is 15.8. The zero-order valence-electron chi connectivity index (χ0n) is 10.4. The first-order valence-electron chi connectivity index (χ1n) is 5.75. The Bertz CT molecular complexity index is 643. The molecule has 0 spiro atoms. The highest BCUT2D eigenvalue weighted by Gasteiger charge is 2.31. The Morgan fingerprint density at radius 2 is 2.05 bits per heavy atom. The quantitative estimate of drug-likeness (QED) is 0.889. The summed E-state index contributed by atoms with van der Waals surface area (Å²) in [7, 11) is 0. The Balaban J connectivity index is 2.15. The van der Waals surface area contributed by atoms with Gasteiger partial charge in [0.2, 0.25) is 5.91 Å². The zero-order valence-corrected chi connectivity index (χ0v) is 12.0. The molecule has 1 atom stereocenters. The predicted octanol–water partition coefficient (Wildman–Crippen LogP) is 4.06. The first-order valence-corrected chi connectivity index (χ1v) is 7.01. The number of anilines is 1. The van der Waals surface area contributed by atoms with E-state index in [0.717, 1.165) is 18.2 Å². The van der Waals surface area contributed by atoms with Crippen molar-refractivity contribution in [3.63, 3.8) is 0 Å². The molecule has 1 aromatic carbocycles. The van der Waals surface area contributed by atoms with Crippen LogP contribution in [0.4, 0.5) is 18.9 Å². The van der Waals surface area contributed by atoms with Gasteiger partial charge in [-0.1, -0.05) is 17.7 Å². The van der Waals surface area contributed by atoms with Crippen molar-refractivity contribution in [2.24, 2.45) is 5.73 Å². The Kier molecular flexibility index (Phi) is 4.55. The van der Waals surface area contributed by atoms with Gasteiger partial charge in [0.15, 0.2) is 0 Å². The van der Waals surface area contributed by atoms with Gasteiger partial charge >= 0.3 is 6.18 Å². The number of carbonyl (C=O) groups is 1. The fraction of sp³-hybridized carbons (Fsp3) is 0.154. The fourth-order valence-corrected chi connectivity index (χ4v) is 2.55. The molecule has 3 N–H and O–H groups in total. The molecule has 1 aromatic heterocycles. The molecular formula is C13H10ClF3N2OS. The van der Waals surface area contributed by atoms with Gasteiger partial charge < -0.3 is 11.1 Å². The maximum absolute atomic E-state index is 12.5. The lowest BCUT2D eigenvalue weighted by molar-refractivity contribution is -0.137. The summed E-state index contributed by atoms with van der Waals surface area (Å²) in [6.45, 7) is 0. The van der Waals surface area contributed by atoms with E-state index in [9.17, 15) is 18.0 Å². The summed E-state index contributed by atoms with van der Waals surface area (Å²) in [4.78, 5) is 12.6. The van der Waals surface area contributed by atoms with Crippen LogP contribution in [0.1, 0.15) is 16.5 Å². The topological polar surface area (TPSA) is 55.1 Å². The SMILES string of the molecule is NC(C(=O)Nc1ccc(C(F)(F)F)cc1Cl)c1cccs1. The molecule has 0 aliphatic rings. The van der Waals surface area contributed by atoms with Crippen molar-refractivity contribution in [1.29, 1.82) is 0 Å². The number of thiophene rings is 1. The Labute approximate surface area is 127 Å². The van der Waals surface area contributed by atoms with Crippen molar-refractivity contribution >= 4 is 34.5 Å². The molecule has 2 rings (SSSR count). The van der Waals surface area contributed by atoms with Crippen molar-refractivity contribution in [1.82, 2.24) is 0 Å². The molecule has 0 radical (unpaired) electrons. The molecule has 2 aromatic rings. The van der Waals surface area contributed by atoms with Gasteiger partial charge in [-0.2, -0.15) is 13.2 Å². The second-order valence-corrected chi connectivity index (χ2v) is 5.56. The summed E-state index contributed by atoms with van der Waals surface area (Å²) in [5.41, 5.74) is 4.96. The monoisotopic (exact) mass is 334 g/mol. The number of nitrogens with two attached hydrogens (primary N) is 1. The summed E-state index contributed by atoms with van der Waals surface area (Å²) >= 11 is 7.07. The maximum Gasteiger partial charge on any atom is 0.416 e. The summed E-state index contributed by atoms with van der Waals surface area (Å²) in [6, 6.07) is 5.25. The number of amides is 1. The third kappa shape index (κ3) is 3.75. The second-order valence-electron chi connectivity index (χ2n) is 4.17. The first-order chi connectivity index (χ1) is 9.79. The van der Waals surface area contributed by atoms with E-state index in [1.807, 2.05) is 0 Å². The number of nitrogens with one attached hydrogen (secondary N) is 1. The summed E-state index contributed by atoms with van der Waals surface area (Å²) < 4.78 is 37.5. The molecule has 1 unspecified atom stereocenters. The molecule has 0 saturated heterocycles. The minimum atomic E-state index is -4.49. The van der Waals surface area contributed by atoms with Crippen LogP contribution in [0.3, 0.4) is 0 Å². The average Bonchev–Trinajstić information content (AvgIpc) is 2.92. The molecule has 112 valence electrons. The van der Waals surface area contributed by atoms with E-state index in [1.165, 1.54) is 11.3 Å². The third-order valence-corrected chi connectivity index (χ3v) is 3.95. The van der Waals surface area contributed by atoms with E-state index in [4.69, 9.17) is 17.3 Å². The highest BCUT2D eigenvalue weighted by atomic mass is 35.5. The molecular weight excluding hydrogens is 325 g/mol. The van der Waals surface area contributed by atoms with Crippen molar-refractivity contribution in [2.75, 3.05) is 5.32 Å². The van der Waals surface area contributed by atoms with Gasteiger partial charge in [-0.25, -0.2) is 0 Å². The Morgan fingerprint density at radius 1 is 1.33 bits per heavy atom. The summed E-state index contributed by atoms with van der Waals surface area (Å²) in [6.07, 6.45) is -4.49. The van der Waals surface area contributed by atoms with E-state index in [2.05, 4.69) is 5.32 Å². The van der Waals surface area contributed by atoms with E-state index >= 15 is 0 Å². The van der Waals surface area contributed by atoms with Crippen LogP contribution >= 0.6 is 22.9 Å². The molecule has 0 fully saturated rings. The van der Waals surface area contributed by atoms with Crippen LogP contribution in [0, 0.1) is 0 Å². The van der Waals surface area contributed by atoms with Gasteiger partial charge in [0, 0.05) is 4.88 Å². The number of benzene rings is 1. The number of hydrogen-bond acceptors (Lipinski definition) is 3. The standard InChI is InChI=1S/C13H10ClF3N2OS/c14-8-6-7(13(15,16)17)3-4-9(8)19-12(20)11(18)10-2-1-5-21-10/h1-6,11H,18H2,(H,19,20). The van der Waals surface area contributed by atoms with Crippen LogP contribution in [0.5, 0.6) is 0 Å². The summed E-state index contributed by atoms with van der Waals surface area (Å²) in [5, 5.41) is 3.99. The van der Waals surface area contributed by atoms with Crippen molar-refractivity contribution < 1.29 is 18.0 Å². The fourth-order valence-electron chi connectivity index (χ4n) is 1.60. The smallest absolute Gasteiger partial charge is 0.323 e. The number of carbonyl (C=O) groups excluding carboxylic acids is 1. The molecule has 1 heterocycles. The van der Waals surface area contributed by atoms with E-state index < -0.39 is 23.7 Å². The van der Waals surface area contributed by atoms with Gasteiger partial charge in [-0.15, -0.1) is 11.3 Å². The lowest BCUT2D eigenvalue weighted by atomic mass is 10.2. The highest BCUT2D eigenvalue weighted by molar-refractivity contribution is 7.10. The van der Waals surface area contributed by atoms with Gasteiger partial charge in [-0.3, -0.25) is 4.79 Å². The predicted molar refractivity (Wildman–Crippen MR) is 76.3 cm³/mol. The van der Waals surface area contributed by atoms with Gasteiger partial charge in [-0.05, 0) is 29.6 Å². The van der Waals surface area contributed by atoms with Crippen molar-refractivity contribution in [2.45, 2.75) is 12.2 Å². The number of alkyl halides is 3. The Morgan fingerprint density at radius 3 is 2.57 bits per heavy atom. The number of rotatable bonds is 3. The van der Waals surface area contributed by atoms with Crippen molar-refractivity contribution in [3.05, 3.63) is 51.2 Å². The van der Waals surface area contributed by atoms with Crippen LogP contribution < -0.4 is 11.1 Å². The number of hydrogen-bond donors (Lipinski definition) is 2. The molecule has 8 heteroatoms.